The number of hydrogen-bond acceptors (Lipinski definition) is 3. The lowest BCUT2D eigenvalue weighted by Crippen LogP contribution is -2.10. The van der Waals surface area contributed by atoms with E-state index < -0.39 is 0 Å². The molecule has 0 bridgehead atoms. The second-order valence-electron chi connectivity index (χ2n) is 5.35. The van der Waals surface area contributed by atoms with Gasteiger partial charge < -0.3 is 5.32 Å². The molecule has 0 aliphatic rings. The number of aryl methyl sites for hydroxylation is 2. The first-order valence-electron chi connectivity index (χ1n) is 7.88. The summed E-state index contributed by atoms with van der Waals surface area (Å²) in [5.74, 6) is 1.96. The zero-order chi connectivity index (χ0) is 15.1. The van der Waals surface area contributed by atoms with Gasteiger partial charge in [-0.3, -0.25) is 0 Å². The zero-order valence-electron chi connectivity index (χ0n) is 13.3. The number of hydrogen-bond donors (Lipinski definition) is 1. The third kappa shape index (κ3) is 4.28. The summed E-state index contributed by atoms with van der Waals surface area (Å²) in [6, 6.07) is 10.4. The first kappa shape index (κ1) is 15.5. The molecule has 1 aromatic carbocycles. The van der Waals surface area contributed by atoms with Gasteiger partial charge in [-0.2, -0.15) is 0 Å². The van der Waals surface area contributed by atoms with Gasteiger partial charge in [-0.25, -0.2) is 9.97 Å². The van der Waals surface area contributed by atoms with E-state index in [9.17, 15) is 0 Å². The minimum atomic E-state index is 0.803. The SMILES string of the molecule is CCCCc1nc(C)c(CC)c(NCc2ccccc2)n1. The molecular weight excluding hydrogens is 258 g/mol. The zero-order valence-corrected chi connectivity index (χ0v) is 13.3. The molecule has 2 rings (SSSR count). The van der Waals surface area contributed by atoms with Gasteiger partial charge in [0.25, 0.3) is 0 Å². The second kappa shape index (κ2) is 7.77. The van der Waals surface area contributed by atoms with Crippen molar-refractivity contribution in [1.29, 1.82) is 0 Å². The average molecular weight is 283 g/mol. The lowest BCUT2D eigenvalue weighted by Gasteiger charge is -2.14. The maximum atomic E-state index is 4.73. The minimum Gasteiger partial charge on any atom is -0.366 e. The van der Waals surface area contributed by atoms with Crippen LogP contribution in [0.5, 0.6) is 0 Å². The molecule has 1 heterocycles. The highest BCUT2D eigenvalue weighted by molar-refractivity contribution is 5.47. The number of rotatable bonds is 7. The van der Waals surface area contributed by atoms with Crippen LogP contribution in [0.4, 0.5) is 5.82 Å². The van der Waals surface area contributed by atoms with Crippen molar-refractivity contribution in [2.75, 3.05) is 5.32 Å². The van der Waals surface area contributed by atoms with Gasteiger partial charge in [0.15, 0.2) is 0 Å². The van der Waals surface area contributed by atoms with Gasteiger partial charge in [-0.05, 0) is 25.3 Å². The average Bonchev–Trinajstić information content (AvgIpc) is 2.51. The summed E-state index contributed by atoms with van der Waals surface area (Å²) < 4.78 is 0. The summed E-state index contributed by atoms with van der Waals surface area (Å²) in [6.07, 6.45) is 4.23. The summed E-state index contributed by atoms with van der Waals surface area (Å²) in [4.78, 5) is 9.38. The third-order valence-corrected chi connectivity index (χ3v) is 3.67. The molecule has 0 spiro atoms. The topological polar surface area (TPSA) is 37.8 Å². The largest absolute Gasteiger partial charge is 0.366 e. The van der Waals surface area contributed by atoms with Crippen molar-refractivity contribution in [2.24, 2.45) is 0 Å². The molecule has 1 aromatic heterocycles. The summed E-state index contributed by atoms with van der Waals surface area (Å²) in [5, 5.41) is 3.49. The van der Waals surface area contributed by atoms with Gasteiger partial charge in [-0.15, -0.1) is 0 Å². The maximum absolute atomic E-state index is 4.73. The smallest absolute Gasteiger partial charge is 0.133 e. The van der Waals surface area contributed by atoms with E-state index in [4.69, 9.17) is 4.98 Å². The fraction of sp³-hybridized carbons (Fsp3) is 0.444. The van der Waals surface area contributed by atoms with E-state index in [1.807, 2.05) is 6.07 Å². The molecule has 0 aliphatic heterocycles. The second-order valence-corrected chi connectivity index (χ2v) is 5.35. The Morgan fingerprint density at radius 3 is 2.48 bits per heavy atom. The molecule has 0 amide bonds. The van der Waals surface area contributed by atoms with E-state index in [-0.39, 0.29) is 0 Å². The van der Waals surface area contributed by atoms with Gasteiger partial charge in [0.1, 0.15) is 11.6 Å². The highest BCUT2D eigenvalue weighted by Crippen LogP contribution is 2.18. The summed E-state index contributed by atoms with van der Waals surface area (Å²) in [6.45, 7) is 7.24. The van der Waals surface area contributed by atoms with E-state index in [0.29, 0.717) is 0 Å². The summed E-state index contributed by atoms with van der Waals surface area (Å²) in [5.41, 5.74) is 3.60. The molecular formula is C18H25N3. The van der Waals surface area contributed by atoms with Crippen LogP contribution in [-0.2, 0) is 19.4 Å². The molecule has 2 aromatic rings. The first-order valence-corrected chi connectivity index (χ1v) is 7.88. The summed E-state index contributed by atoms with van der Waals surface area (Å²) >= 11 is 0. The summed E-state index contributed by atoms with van der Waals surface area (Å²) in [7, 11) is 0. The molecule has 0 fully saturated rings. The molecule has 0 unspecified atom stereocenters. The van der Waals surface area contributed by atoms with Gasteiger partial charge in [0.05, 0.1) is 0 Å². The Labute approximate surface area is 127 Å². The van der Waals surface area contributed by atoms with Crippen LogP contribution in [0.25, 0.3) is 0 Å². The van der Waals surface area contributed by atoms with Crippen molar-refractivity contribution in [3.63, 3.8) is 0 Å². The number of nitrogens with one attached hydrogen (secondary N) is 1. The highest BCUT2D eigenvalue weighted by atomic mass is 15.0. The Morgan fingerprint density at radius 2 is 1.81 bits per heavy atom. The number of unbranched alkanes of at least 4 members (excludes halogenated alkanes) is 1. The van der Waals surface area contributed by atoms with E-state index in [1.165, 1.54) is 17.5 Å². The van der Waals surface area contributed by atoms with Gasteiger partial charge in [0.2, 0.25) is 0 Å². The van der Waals surface area contributed by atoms with Crippen molar-refractivity contribution < 1.29 is 0 Å². The number of aromatic nitrogens is 2. The Kier molecular flexibility index (Phi) is 5.73. The number of anilines is 1. The van der Waals surface area contributed by atoms with E-state index >= 15 is 0 Å². The first-order chi connectivity index (χ1) is 10.2. The Bertz CT molecular complexity index is 564. The van der Waals surface area contributed by atoms with Crippen LogP contribution in [0.15, 0.2) is 30.3 Å². The van der Waals surface area contributed by atoms with Crippen molar-refractivity contribution in [3.05, 3.63) is 53.0 Å². The molecule has 0 saturated carbocycles. The van der Waals surface area contributed by atoms with Crippen molar-refractivity contribution in [3.8, 4) is 0 Å². The molecule has 3 heteroatoms. The number of benzene rings is 1. The standard InChI is InChI=1S/C18H25N3/c1-4-6-12-17-20-14(3)16(5-2)18(21-17)19-13-15-10-8-7-9-11-15/h7-11H,4-6,12-13H2,1-3H3,(H,19,20,21). The Morgan fingerprint density at radius 1 is 1.05 bits per heavy atom. The minimum absolute atomic E-state index is 0.803. The molecule has 21 heavy (non-hydrogen) atoms. The van der Waals surface area contributed by atoms with E-state index in [1.54, 1.807) is 0 Å². The fourth-order valence-corrected chi connectivity index (χ4v) is 2.45. The molecule has 1 N–H and O–H groups in total. The third-order valence-electron chi connectivity index (χ3n) is 3.67. The molecule has 3 nitrogen and oxygen atoms in total. The van der Waals surface area contributed by atoms with Crippen LogP contribution in [0, 0.1) is 6.92 Å². The van der Waals surface area contributed by atoms with Crippen molar-refractivity contribution in [2.45, 2.75) is 53.0 Å². The highest BCUT2D eigenvalue weighted by Gasteiger charge is 2.10. The molecule has 112 valence electrons. The quantitative estimate of drug-likeness (QED) is 0.823. The molecule has 0 radical (unpaired) electrons. The Balaban J connectivity index is 2.17. The normalized spacial score (nSPS) is 10.6. The van der Waals surface area contributed by atoms with Crippen LogP contribution in [0.2, 0.25) is 0 Å². The van der Waals surface area contributed by atoms with Gasteiger partial charge >= 0.3 is 0 Å². The van der Waals surface area contributed by atoms with Crippen molar-refractivity contribution in [1.82, 2.24) is 9.97 Å². The Hall–Kier alpha value is -1.90. The van der Waals surface area contributed by atoms with E-state index in [0.717, 1.165) is 43.1 Å². The fourth-order valence-electron chi connectivity index (χ4n) is 2.45. The monoisotopic (exact) mass is 283 g/mol. The molecule has 0 saturated heterocycles. The van der Waals surface area contributed by atoms with Gasteiger partial charge in [0, 0.05) is 24.2 Å². The lowest BCUT2D eigenvalue weighted by atomic mass is 10.1. The predicted molar refractivity (Wildman–Crippen MR) is 88.5 cm³/mol. The van der Waals surface area contributed by atoms with Crippen LogP contribution in [0.3, 0.4) is 0 Å². The van der Waals surface area contributed by atoms with E-state index in [2.05, 4.69) is 55.3 Å². The lowest BCUT2D eigenvalue weighted by molar-refractivity contribution is 0.744. The van der Waals surface area contributed by atoms with Crippen LogP contribution < -0.4 is 5.32 Å². The van der Waals surface area contributed by atoms with Crippen LogP contribution in [0.1, 0.15) is 49.3 Å². The van der Waals surface area contributed by atoms with Crippen LogP contribution in [-0.4, -0.2) is 9.97 Å². The van der Waals surface area contributed by atoms with Crippen molar-refractivity contribution >= 4 is 5.82 Å². The predicted octanol–water partition coefficient (Wildman–Crippen LogP) is 4.30. The maximum Gasteiger partial charge on any atom is 0.133 e. The molecule has 0 aliphatic carbocycles. The number of nitrogens with zero attached hydrogens (tertiary/aromatic N) is 2. The van der Waals surface area contributed by atoms with Crippen LogP contribution >= 0.6 is 0 Å². The van der Waals surface area contributed by atoms with Gasteiger partial charge in [-0.1, -0.05) is 50.6 Å². The molecule has 0 atom stereocenters.